The quantitative estimate of drug-likeness (QED) is 0.415. The summed E-state index contributed by atoms with van der Waals surface area (Å²) < 4.78 is 38.6. The molecule has 0 radical (unpaired) electrons. The van der Waals surface area contributed by atoms with Gasteiger partial charge in [-0.3, -0.25) is 10.1 Å². The van der Waals surface area contributed by atoms with Crippen molar-refractivity contribution >= 4 is 11.7 Å². The van der Waals surface area contributed by atoms with Crippen LogP contribution in [0.3, 0.4) is 0 Å². The minimum absolute atomic E-state index is 0.0120. The molecule has 0 heterocycles. The van der Waals surface area contributed by atoms with Crippen LogP contribution in [0.1, 0.15) is 28.9 Å². The summed E-state index contributed by atoms with van der Waals surface area (Å²) in [6.07, 6.45) is -0.704. The van der Waals surface area contributed by atoms with Crippen molar-refractivity contribution in [3.8, 4) is 11.5 Å². The van der Waals surface area contributed by atoms with Crippen molar-refractivity contribution in [2.24, 2.45) is 0 Å². The number of alkyl halides is 2. The van der Waals surface area contributed by atoms with Crippen molar-refractivity contribution in [3.63, 3.8) is 0 Å². The van der Waals surface area contributed by atoms with Crippen LogP contribution in [-0.4, -0.2) is 24.6 Å². The van der Waals surface area contributed by atoms with Crippen LogP contribution in [0.5, 0.6) is 11.5 Å². The van der Waals surface area contributed by atoms with E-state index in [9.17, 15) is 23.7 Å². The zero-order valence-electron chi connectivity index (χ0n) is 13.8. The Bertz CT molecular complexity index is 794. The van der Waals surface area contributed by atoms with Crippen molar-refractivity contribution in [3.05, 3.63) is 63.7 Å². The molecule has 2 aromatic rings. The molecule has 26 heavy (non-hydrogen) atoms. The average molecular weight is 367 g/mol. The first-order valence-electron chi connectivity index (χ1n) is 7.40. The number of carbonyl (C=O) groups excluding carboxylic acids is 1. The Kier molecular flexibility index (Phi) is 6.05. The molecular weight excluding hydrogens is 352 g/mol. The maximum absolute atomic E-state index is 12.2. The molecule has 2 rings (SSSR count). The van der Waals surface area contributed by atoms with Gasteiger partial charge in [-0.15, -0.1) is 0 Å². The van der Waals surface area contributed by atoms with E-state index in [0.717, 1.165) is 6.07 Å². The molecule has 2 aromatic carbocycles. The lowest BCUT2D eigenvalue weighted by atomic mass is 10.1. The highest BCUT2D eigenvalue weighted by Gasteiger charge is 2.20. The maximum Gasteiger partial charge on any atom is 0.387 e. The van der Waals surface area contributed by atoms with Crippen LogP contribution in [0.15, 0.2) is 42.5 Å². The number of benzene rings is 2. The van der Waals surface area contributed by atoms with Crippen molar-refractivity contribution in [2.75, 3.05) is 7.11 Å². The molecule has 1 unspecified atom stereocenters. The van der Waals surface area contributed by atoms with Crippen molar-refractivity contribution in [1.82, 2.24) is 0 Å². The summed E-state index contributed by atoms with van der Waals surface area (Å²) in [5.41, 5.74) is 0.174. The van der Waals surface area contributed by atoms with E-state index in [0.29, 0.717) is 5.56 Å². The Labute approximate surface area is 147 Å². The first-order valence-corrected chi connectivity index (χ1v) is 7.40. The van der Waals surface area contributed by atoms with Crippen LogP contribution in [0, 0.1) is 10.1 Å². The lowest BCUT2D eigenvalue weighted by molar-refractivity contribution is -0.385. The van der Waals surface area contributed by atoms with Crippen LogP contribution in [-0.2, 0) is 4.74 Å². The molecule has 0 saturated carbocycles. The molecule has 0 N–H and O–H groups in total. The second-order valence-electron chi connectivity index (χ2n) is 5.14. The standard InChI is InChI=1S/C17H15F2NO6/c1-10(11-3-6-13(7-4-11)26-17(18)19)25-16(21)12-5-8-15(24-2)14(9-12)20(22)23/h3-10,17H,1-2H3. The van der Waals surface area contributed by atoms with E-state index >= 15 is 0 Å². The van der Waals surface area contributed by atoms with Crippen LogP contribution in [0.25, 0.3) is 0 Å². The second-order valence-corrected chi connectivity index (χ2v) is 5.14. The molecule has 9 heteroatoms. The molecule has 0 spiro atoms. The Morgan fingerprint density at radius 1 is 1.15 bits per heavy atom. The SMILES string of the molecule is COc1ccc(C(=O)OC(C)c2ccc(OC(F)F)cc2)cc1[N+](=O)[O-]. The van der Waals surface area contributed by atoms with Crippen molar-refractivity contribution in [1.29, 1.82) is 0 Å². The Balaban J connectivity index is 2.11. The van der Waals surface area contributed by atoms with Gasteiger partial charge in [-0.2, -0.15) is 8.78 Å². The third kappa shape index (κ3) is 4.65. The number of ether oxygens (including phenoxy) is 3. The first kappa shape index (κ1) is 19.1. The number of hydrogen-bond donors (Lipinski definition) is 0. The highest BCUT2D eigenvalue weighted by atomic mass is 19.3. The number of esters is 1. The van der Waals surface area contributed by atoms with Gasteiger partial charge >= 0.3 is 18.3 Å². The predicted octanol–water partition coefficient (Wildman–Crippen LogP) is 4.12. The minimum atomic E-state index is -2.93. The molecule has 0 aromatic heterocycles. The minimum Gasteiger partial charge on any atom is -0.490 e. The molecule has 0 aliphatic carbocycles. The number of rotatable bonds is 7. The number of halogens is 2. The fourth-order valence-electron chi connectivity index (χ4n) is 2.18. The van der Waals surface area contributed by atoms with Crippen LogP contribution >= 0.6 is 0 Å². The lowest BCUT2D eigenvalue weighted by Crippen LogP contribution is -2.10. The van der Waals surface area contributed by atoms with Gasteiger partial charge < -0.3 is 14.2 Å². The summed E-state index contributed by atoms with van der Waals surface area (Å²) in [7, 11) is 1.28. The summed E-state index contributed by atoms with van der Waals surface area (Å²) in [5.74, 6) is -0.765. The zero-order valence-corrected chi connectivity index (χ0v) is 13.8. The summed E-state index contributed by atoms with van der Waals surface area (Å²) in [4.78, 5) is 22.6. The van der Waals surface area contributed by atoms with Gasteiger partial charge in [-0.05, 0) is 36.8 Å². The number of hydrogen-bond acceptors (Lipinski definition) is 6. The number of nitrogens with zero attached hydrogens (tertiary/aromatic N) is 1. The molecule has 0 aliphatic rings. The van der Waals surface area contributed by atoms with Gasteiger partial charge in [0.05, 0.1) is 17.6 Å². The Hall–Kier alpha value is -3.23. The first-order chi connectivity index (χ1) is 12.3. The van der Waals surface area contributed by atoms with Gasteiger partial charge in [-0.1, -0.05) is 12.1 Å². The van der Waals surface area contributed by atoms with Gasteiger partial charge in [0.2, 0.25) is 0 Å². The van der Waals surface area contributed by atoms with E-state index in [1.54, 1.807) is 6.92 Å². The van der Waals surface area contributed by atoms with Crippen LogP contribution < -0.4 is 9.47 Å². The molecule has 7 nitrogen and oxygen atoms in total. The van der Waals surface area contributed by atoms with E-state index < -0.39 is 23.6 Å². The van der Waals surface area contributed by atoms with Gasteiger partial charge in [0.15, 0.2) is 5.75 Å². The highest BCUT2D eigenvalue weighted by molar-refractivity contribution is 5.90. The summed E-state index contributed by atoms with van der Waals surface area (Å²) in [6, 6.07) is 9.32. The van der Waals surface area contributed by atoms with E-state index in [2.05, 4.69) is 4.74 Å². The van der Waals surface area contributed by atoms with Gasteiger partial charge in [0, 0.05) is 6.07 Å². The van der Waals surface area contributed by atoms with E-state index in [-0.39, 0.29) is 22.7 Å². The third-order valence-corrected chi connectivity index (χ3v) is 3.47. The number of carbonyl (C=O) groups is 1. The fourth-order valence-corrected chi connectivity index (χ4v) is 2.18. The van der Waals surface area contributed by atoms with Gasteiger partial charge in [0.1, 0.15) is 11.9 Å². The molecular formula is C17H15F2NO6. The monoisotopic (exact) mass is 367 g/mol. The Morgan fingerprint density at radius 3 is 2.35 bits per heavy atom. The molecule has 1 atom stereocenters. The largest absolute Gasteiger partial charge is 0.490 e. The van der Waals surface area contributed by atoms with Gasteiger partial charge in [-0.25, -0.2) is 4.79 Å². The summed E-state index contributed by atoms with van der Waals surface area (Å²) in [5, 5.41) is 11.0. The molecule has 0 fully saturated rings. The molecule has 0 saturated heterocycles. The number of nitro groups is 1. The van der Waals surface area contributed by atoms with Gasteiger partial charge in [0.25, 0.3) is 0 Å². The fraction of sp³-hybridized carbons (Fsp3) is 0.235. The van der Waals surface area contributed by atoms with E-state index in [1.165, 1.54) is 43.5 Å². The Morgan fingerprint density at radius 2 is 1.81 bits per heavy atom. The highest BCUT2D eigenvalue weighted by Crippen LogP contribution is 2.29. The van der Waals surface area contributed by atoms with Crippen LogP contribution in [0.2, 0.25) is 0 Å². The molecule has 0 aliphatic heterocycles. The lowest BCUT2D eigenvalue weighted by Gasteiger charge is -2.14. The second kappa shape index (κ2) is 8.24. The van der Waals surface area contributed by atoms with Crippen molar-refractivity contribution in [2.45, 2.75) is 19.6 Å². The summed E-state index contributed by atoms with van der Waals surface area (Å²) >= 11 is 0. The zero-order chi connectivity index (χ0) is 19.3. The normalized spacial score (nSPS) is 11.7. The molecule has 0 amide bonds. The number of methoxy groups -OCH3 is 1. The third-order valence-electron chi connectivity index (χ3n) is 3.47. The van der Waals surface area contributed by atoms with E-state index in [4.69, 9.17) is 9.47 Å². The predicted molar refractivity (Wildman–Crippen MR) is 86.6 cm³/mol. The van der Waals surface area contributed by atoms with Crippen LogP contribution in [0.4, 0.5) is 14.5 Å². The molecule has 138 valence electrons. The van der Waals surface area contributed by atoms with Crippen molar-refractivity contribution < 1.29 is 32.7 Å². The molecule has 0 bridgehead atoms. The topological polar surface area (TPSA) is 87.9 Å². The number of nitro benzene ring substituents is 1. The van der Waals surface area contributed by atoms with E-state index in [1.807, 2.05) is 0 Å². The maximum atomic E-state index is 12.2. The summed E-state index contributed by atoms with van der Waals surface area (Å²) in [6.45, 7) is -1.35. The smallest absolute Gasteiger partial charge is 0.387 e. The average Bonchev–Trinajstić information content (AvgIpc) is 2.61.